The molecule has 4 rings (SSSR count). The van der Waals surface area contributed by atoms with Crippen LogP contribution in [-0.2, 0) is 4.74 Å². The monoisotopic (exact) mass is 531 g/mol. The number of benzene rings is 2. The van der Waals surface area contributed by atoms with Gasteiger partial charge >= 0.3 is 5.97 Å². The Morgan fingerprint density at radius 3 is 2.42 bits per heavy atom. The number of anilines is 2. The summed E-state index contributed by atoms with van der Waals surface area (Å²) in [5.74, 6) is 0.177. The number of carbonyl (C=O) groups is 2. The molecule has 0 saturated heterocycles. The van der Waals surface area contributed by atoms with Crippen LogP contribution in [-0.4, -0.2) is 77.8 Å². The highest BCUT2D eigenvalue weighted by Crippen LogP contribution is 2.31. The molecule has 0 aliphatic carbocycles. The largest absolute Gasteiger partial charge is 0.461 e. The Morgan fingerprint density at radius 1 is 0.947 bits per heavy atom. The Morgan fingerprint density at radius 2 is 1.68 bits per heavy atom. The van der Waals surface area contributed by atoms with E-state index in [2.05, 4.69) is 25.4 Å². The number of nitrogens with zero attached hydrogens (tertiary/aromatic N) is 6. The molecule has 2 aromatic carbocycles. The number of likely N-dealkylation sites (N-methyl/N-ethyl adjacent to an activating group) is 2. The number of hydrogen-bond acceptors (Lipinski definition) is 10. The minimum atomic E-state index is -0.530. The van der Waals surface area contributed by atoms with Gasteiger partial charge in [0.1, 0.15) is 16.5 Å². The lowest BCUT2D eigenvalue weighted by molar-refractivity contribution is 0.0525. The third-order valence-electron chi connectivity index (χ3n) is 5.53. The third-order valence-corrected chi connectivity index (χ3v) is 6.47. The molecular weight excluding hydrogens is 502 g/mol. The van der Waals surface area contributed by atoms with Gasteiger partial charge < -0.3 is 19.9 Å². The van der Waals surface area contributed by atoms with Gasteiger partial charge in [0.05, 0.1) is 12.3 Å². The minimum Gasteiger partial charge on any atom is -0.461 e. The first kappa shape index (κ1) is 26.8. The number of para-hydroxylation sites is 1. The molecule has 11 heteroatoms. The molecule has 0 unspecified atom stereocenters. The van der Waals surface area contributed by atoms with Crippen LogP contribution in [0, 0.1) is 0 Å². The normalized spacial score (nSPS) is 10.9. The van der Waals surface area contributed by atoms with Gasteiger partial charge in [-0.2, -0.15) is 0 Å². The highest BCUT2D eigenvalue weighted by atomic mass is 32.1. The number of esters is 1. The van der Waals surface area contributed by atoms with Crippen molar-refractivity contribution in [3.8, 4) is 22.0 Å². The van der Waals surface area contributed by atoms with Gasteiger partial charge in [-0.3, -0.25) is 4.79 Å². The first-order chi connectivity index (χ1) is 18.4. The smallest absolute Gasteiger partial charge is 0.369 e. The molecule has 10 nitrogen and oxygen atoms in total. The van der Waals surface area contributed by atoms with Gasteiger partial charge in [-0.05, 0) is 33.2 Å². The fraction of sp³-hybridized carbons (Fsp3) is 0.259. The zero-order valence-electron chi connectivity index (χ0n) is 21.7. The number of amides is 1. The van der Waals surface area contributed by atoms with Crippen LogP contribution in [0.3, 0.4) is 0 Å². The van der Waals surface area contributed by atoms with Crippen molar-refractivity contribution < 1.29 is 14.3 Å². The summed E-state index contributed by atoms with van der Waals surface area (Å²) in [4.78, 5) is 38.9. The molecule has 4 aromatic rings. The van der Waals surface area contributed by atoms with Crippen LogP contribution in [0.5, 0.6) is 0 Å². The maximum atomic E-state index is 13.5. The van der Waals surface area contributed by atoms with E-state index in [9.17, 15) is 9.59 Å². The zero-order valence-corrected chi connectivity index (χ0v) is 22.5. The van der Waals surface area contributed by atoms with E-state index in [0.29, 0.717) is 27.9 Å². The topological polar surface area (TPSA) is 113 Å². The Hall–Kier alpha value is -4.22. The molecule has 0 fully saturated rings. The molecule has 2 heterocycles. The van der Waals surface area contributed by atoms with Crippen molar-refractivity contribution >= 4 is 34.7 Å². The van der Waals surface area contributed by atoms with E-state index < -0.39 is 11.9 Å². The van der Waals surface area contributed by atoms with Gasteiger partial charge in [0.2, 0.25) is 5.01 Å². The van der Waals surface area contributed by atoms with E-state index in [1.165, 1.54) is 0 Å². The Balaban J connectivity index is 1.65. The second-order valence-corrected chi connectivity index (χ2v) is 9.64. The molecule has 0 bridgehead atoms. The number of nitrogens with one attached hydrogen (secondary N) is 1. The molecule has 196 valence electrons. The maximum Gasteiger partial charge on any atom is 0.369 e. The van der Waals surface area contributed by atoms with Gasteiger partial charge in [-0.15, -0.1) is 10.2 Å². The number of rotatable bonds is 10. The van der Waals surface area contributed by atoms with E-state index in [1.807, 2.05) is 68.5 Å². The van der Waals surface area contributed by atoms with Crippen LogP contribution < -0.4 is 10.2 Å². The summed E-state index contributed by atoms with van der Waals surface area (Å²) < 4.78 is 5.02. The molecular formula is C27H29N7O3S. The van der Waals surface area contributed by atoms with Crippen LogP contribution in [0.1, 0.15) is 27.2 Å². The van der Waals surface area contributed by atoms with Crippen molar-refractivity contribution in [3.63, 3.8) is 0 Å². The highest BCUT2D eigenvalue weighted by Gasteiger charge is 2.20. The van der Waals surface area contributed by atoms with Gasteiger partial charge in [0.25, 0.3) is 5.91 Å². The summed E-state index contributed by atoms with van der Waals surface area (Å²) in [5.41, 5.74) is 2.19. The van der Waals surface area contributed by atoms with Crippen LogP contribution in [0.15, 0.2) is 60.7 Å². The molecule has 0 spiro atoms. The quantitative estimate of drug-likeness (QED) is 0.302. The van der Waals surface area contributed by atoms with Crippen LogP contribution >= 0.6 is 11.3 Å². The van der Waals surface area contributed by atoms with Gasteiger partial charge in [0, 0.05) is 37.3 Å². The third kappa shape index (κ3) is 6.55. The molecule has 0 saturated carbocycles. The maximum absolute atomic E-state index is 13.5. The summed E-state index contributed by atoms with van der Waals surface area (Å²) in [6, 6.07) is 18.4. The lowest BCUT2D eigenvalue weighted by Crippen LogP contribution is -2.29. The summed E-state index contributed by atoms with van der Waals surface area (Å²) in [6.07, 6.45) is 0. The fourth-order valence-electron chi connectivity index (χ4n) is 3.50. The first-order valence-corrected chi connectivity index (χ1v) is 12.9. The molecule has 0 atom stereocenters. The molecule has 38 heavy (non-hydrogen) atoms. The van der Waals surface area contributed by atoms with Gasteiger partial charge in [-0.1, -0.05) is 53.8 Å². The lowest BCUT2D eigenvalue weighted by Gasteiger charge is -2.21. The van der Waals surface area contributed by atoms with Crippen molar-refractivity contribution in [2.45, 2.75) is 6.92 Å². The van der Waals surface area contributed by atoms with Crippen molar-refractivity contribution in [2.24, 2.45) is 0 Å². The van der Waals surface area contributed by atoms with Crippen molar-refractivity contribution in [1.82, 2.24) is 25.1 Å². The summed E-state index contributed by atoms with van der Waals surface area (Å²) in [7, 11) is 5.95. The first-order valence-electron chi connectivity index (χ1n) is 12.1. The standard InChI is InChI=1S/C27H29N7O3S/c1-5-37-27(36)26-32-31-25(38-26)19-13-9-10-14-20(19)29-24(35)21-17-22(34(4)16-15-33(2)3)30-23(28-21)18-11-7-6-8-12-18/h6-14,17H,5,15-16H2,1-4H3,(H,29,35). The summed E-state index contributed by atoms with van der Waals surface area (Å²) in [5, 5.41) is 11.7. The van der Waals surface area contributed by atoms with E-state index >= 15 is 0 Å². The molecule has 2 aromatic heterocycles. The molecule has 0 aliphatic heterocycles. The Labute approximate surface area is 225 Å². The highest BCUT2D eigenvalue weighted by molar-refractivity contribution is 7.16. The van der Waals surface area contributed by atoms with Crippen molar-refractivity contribution in [1.29, 1.82) is 0 Å². The average molecular weight is 532 g/mol. The number of hydrogen-bond donors (Lipinski definition) is 1. The van der Waals surface area contributed by atoms with E-state index in [0.717, 1.165) is 30.0 Å². The van der Waals surface area contributed by atoms with Crippen LogP contribution in [0.4, 0.5) is 11.5 Å². The molecule has 1 amide bonds. The lowest BCUT2D eigenvalue weighted by atomic mass is 10.1. The Kier molecular flexibility index (Phi) is 8.72. The minimum absolute atomic E-state index is 0.150. The molecule has 1 N–H and O–H groups in total. The fourth-order valence-corrected chi connectivity index (χ4v) is 4.28. The average Bonchev–Trinajstić information content (AvgIpc) is 3.43. The second-order valence-electron chi connectivity index (χ2n) is 8.66. The SMILES string of the molecule is CCOC(=O)c1nnc(-c2ccccc2NC(=O)c2cc(N(C)CCN(C)C)nc(-c3ccccc3)n2)s1. The summed E-state index contributed by atoms with van der Waals surface area (Å²) >= 11 is 1.10. The zero-order chi connectivity index (χ0) is 27.1. The second kappa shape index (κ2) is 12.3. The summed E-state index contributed by atoms with van der Waals surface area (Å²) in [6.45, 7) is 3.52. The van der Waals surface area contributed by atoms with E-state index in [4.69, 9.17) is 9.72 Å². The number of ether oxygens (including phenoxy) is 1. The Bertz CT molecular complexity index is 1410. The van der Waals surface area contributed by atoms with E-state index in [-0.39, 0.29) is 17.3 Å². The predicted molar refractivity (Wildman–Crippen MR) is 149 cm³/mol. The van der Waals surface area contributed by atoms with Crippen molar-refractivity contribution in [3.05, 3.63) is 71.4 Å². The van der Waals surface area contributed by atoms with Crippen molar-refractivity contribution in [2.75, 3.05) is 51.1 Å². The molecule has 0 radical (unpaired) electrons. The van der Waals surface area contributed by atoms with Crippen LogP contribution in [0.2, 0.25) is 0 Å². The van der Waals surface area contributed by atoms with E-state index in [1.54, 1.807) is 25.1 Å². The van der Waals surface area contributed by atoms with Gasteiger partial charge in [-0.25, -0.2) is 14.8 Å². The predicted octanol–water partition coefficient (Wildman–Crippen LogP) is 4.09. The number of aromatic nitrogens is 4. The van der Waals surface area contributed by atoms with Crippen LogP contribution in [0.25, 0.3) is 22.0 Å². The van der Waals surface area contributed by atoms with Gasteiger partial charge in [0.15, 0.2) is 5.82 Å². The molecule has 0 aliphatic rings. The number of carbonyl (C=O) groups excluding carboxylic acids is 2.